The average Bonchev–Trinajstić information content (AvgIpc) is 3.81. The van der Waals surface area contributed by atoms with Gasteiger partial charge in [0.2, 0.25) is 23.6 Å². The van der Waals surface area contributed by atoms with Gasteiger partial charge < -0.3 is 72.9 Å². The Kier molecular flexibility index (Phi) is 14.0. The molecule has 4 aliphatic heterocycles. The van der Waals surface area contributed by atoms with Gasteiger partial charge in [0.25, 0.3) is 11.6 Å². The largest absolute Gasteiger partial charge is 0.504 e. The topological polar surface area (TPSA) is 262 Å². The Bertz CT molecular complexity index is 3540. The standard InChI is InChI=1S/C62H50O19/c63-44-26-42-49-50-43(27-48(64)61(69,70)62(50,71)81-54(49)51(44)65)59(68)78-53-47-33-72-31-37-20-10-12-22-40(37)41-23-13-11-21-38(41)32-76-55(53)56(79-58(42)67)60(77-47)80-57(66)39-24-45(73-28-34-14-4-1-5-15-34)52(75-30-36-18-8-3-9-19-36)46(25-39)74-29-35-16-6-2-7-17-35/h1-27,47,50,53,55-56,60,63,65,69-71H,28-33H2/t47-,50+,53-,55+,56-,60+,62-/m1/s1. The molecule has 7 aromatic carbocycles. The van der Waals surface area contributed by atoms with Crippen LogP contribution in [0.25, 0.3) is 11.1 Å². The van der Waals surface area contributed by atoms with Gasteiger partial charge in [-0.25, -0.2) is 14.4 Å². The Morgan fingerprint density at radius 1 is 0.605 bits per heavy atom. The molecule has 7 aromatic rings. The first-order valence-electron chi connectivity index (χ1n) is 25.8. The van der Waals surface area contributed by atoms with Crippen molar-refractivity contribution in [3.05, 3.63) is 214 Å². The monoisotopic (exact) mass is 1100 g/mol. The third kappa shape index (κ3) is 9.85. The van der Waals surface area contributed by atoms with Crippen molar-refractivity contribution in [1.29, 1.82) is 0 Å². The molecule has 1 aliphatic carbocycles. The van der Waals surface area contributed by atoms with Gasteiger partial charge >= 0.3 is 17.9 Å². The highest BCUT2D eigenvalue weighted by molar-refractivity contribution is 6.08. The van der Waals surface area contributed by atoms with E-state index in [0.29, 0.717) is 11.6 Å². The van der Waals surface area contributed by atoms with E-state index in [1.54, 1.807) is 12.1 Å². The van der Waals surface area contributed by atoms with Crippen molar-refractivity contribution in [3.8, 4) is 45.6 Å². The Labute approximate surface area is 461 Å². The summed E-state index contributed by atoms with van der Waals surface area (Å²) >= 11 is 0. The molecule has 412 valence electrons. The highest BCUT2D eigenvalue weighted by Gasteiger charge is 2.70. The van der Waals surface area contributed by atoms with Gasteiger partial charge in [-0.05, 0) is 63.2 Å². The summed E-state index contributed by atoms with van der Waals surface area (Å²) in [5.74, 6) is -17.7. The highest BCUT2D eigenvalue weighted by atomic mass is 16.7. The van der Waals surface area contributed by atoms with Crippen LogP contribution in [-0.2, 0) is 71.0 Å². The lowest BCUT2D eigenvalue weighted by Gasteiger charge is -2.45. The second kappa shape index (κ2) is 21.5. The summed E-state index contributed by atoms with van der Waals surface area (Å²) in [4.78, 5) is 58.7. The van der Waals surface area contributed by atoms with E-state index in [1.807, 2.05) is 127 Å². The maximum absolute atomic E-state index is 15.2. The van der Waals surface area contributed by atoms with Crippen LogP contribution in [0, 0.1) is 0 Å². The number of aliphatic hydroxyl groups is 3. The SMILES string of the molecule is O=C1O[C@H]2[C@@H]3OCc4ccccc4-c4ccccc4COC[C@H]2O[C@@H](OC(=O)c2cc(OCc4ccccc4)c(OCc4ccccc4)c(OCc4ccccc4)c2)[C@@H]3OC(=O)c2cc(O)c(O)c3c2[C@@H]2C1=CC(=O)C(O)(O)[C@]2(O)O3. The Balaban J connectivity index is 0.982. The summed E-state index contributed by atoms with van der Waals surface area (Å²) in [6, 6.07) is 46.2. The van der Waals surface area contributed by atoms with E-state index in [-0.39, 0.29) is 55.8 Å². The van der Waals surface area contributed by atoms with Crippen LogP contribution in [0.4, 0.5) is 0 Å². The molecule has 0 radical (unpaired) electrons. The maximum Gasteiger partial charge on any atom is 0.340 e. The molecule has 81 heavy (non-hydrogen) atoms. The summed E-state index contributed by atoms with van der Waals surface area (Å²) < 4.78 is 63.4. The zero-order valence-electron chi connectivity index (χ0n) is 42.7. The van der Waals surface area contributed by atoms with Crippen molar-refractivity contribution in [2.45, 2.75) is 81.2 Å². The van der Waals surface area contributed by atoms with Crippen molar-refractivity contribution in [2.24, 2.45) is 0 Å². The number of hydrogen-bond donors (Lipinski definition) is 5. The molecule has 0 unspecified atom stereocenters. The molecule has 0 saturated carbocycles. The number of phenolic OH excluding ortho intramolecular Hbond substituents is 2. The van der Waals surface area contributed by atoms with Crippen LogP contribution in [0.15, 0.2) is 169 Å². The number of ketones is 1. The minimum Gasteiger partial charge on any atom is -0.504 e. The molecule has 0 spiro atoms. The zero-order valence-corrected chi connectivity index (χ0v) is 42.7. The normalized spacial score (nSPS) is 23.3. The fourth-order valence-corrected chi connectivity index (χ4v) is 10.6. The Hall–Kier alpha value is -9.08. The van der Waals surface area contributed by atoms with E-state index < -0.39 is 112 Å². The smallest absolute Gasteiger partial charge is 0.340 e. The number of rotatable bonds is 11. The van der Waals surface area contributed by atoms with Crippen LogP contribution >= 0.6 is 0 Å². The molecule has 0 aromatic heterocycles. The summed E-state index contributed by atoms with van der Waals surface area (Å²) in [6.45, 7) is -0.569. The third-order valence-corrected chi connectivity index (χ3v) is 14.7. The molecule has 1 saturated heterocycles. The highest BCUT2D eigenvalue weighted by Crippen LogP contribution is 2.60. The number of benzene rings is 7. The van der Waals surface area contributed by atoms with Crippen molar-refractivity contribution < 1.29 is 92.1 Å². The summed E-state index contributed by atoms with van der Waals surface area (Å²) in [5, 5.41) is 56.6. The number of carbonyl (C=O) groups excluding carboxylic acids is 4. The molecule has 1 fully saturated rings. The van der Waals surface area contributed by atoms with Gasteiger partial charge in [-0.3, -0.25) is 4.79 Å². The quantitative estimate of drug-likeness (QED) is 0.0378. The number of hydrogen-bond acceptors (Lipinski definition) is 19. The van der Waals surface area contributed by atoms with E-state index in [9.17, 15) is 35.1 Å². The minimum atomic E-state index is -3.81. The Morgan fingerprint density at radius 3 is 1.75 bits per heavy atom. The Morgan fingerprint density at radius 2 is 1.15 bits per heavy atom. The van der Waals surface area contributed by atoms with Crippen LogP contribution in [0.1, 0.15) is 60.0 Å². The van der Waals surface area contributed by atoms with Gasteiger partial charge in [-0.2, -0.15) is 0 Å². The van der Waals surface area contributed by atoms with E-state index >= 15 is 9.59 Å². The van der Waals surface area contributed by atoms with E-state index in [0.717, 1.165) is 39.4 Å². The van der Waals surface area contributed by atoms with Crippen LogP contribution < -0.4 is 18.9 Å². The van der Waals surface area contributed by atoms with E-state index in [4.69, 9.17) is 47.4 Å². The van der Waals surface area contributed by atoms with E-state index in [2.05, 4.69) is 0 Å². The van der Waals surface area contributed by atoms with Gasteiger partial charge in [0.15, 0.2) is 35.2 Å². The lowest BCUT2D eigenvalue weighted by molar-refractivity contribution is -0.323. The molecule has 12 rings (SSSR count). The van der Waals surface area contributed by atoms with Crippen LogP contribution in [0.5, 0.6) is 34.5 Å². The molecular formula is C62H50O19. The predicted octanol–water partition coefficient (Wildman–Crippen LogP) is 7.00. The zero-order chi connectivity index (χ0) is 56.0. The van der Waals surface area contributed by atoms with Crippen molar-refractivity contribution in [1.82, 2.24) is 0 Å². The van der Waals surface area contributed by atoms with Crippen LogP contribution in [0.3, 0.4) is 0 Å². The summed E-state index contributed by atoms with van der Waals surface area (Å²) in [5.41, 5.74) is 3.06. The lowest BCUT2D eigenvalue weighted by Crippen LogP contribution is -2.66. The van der Waals surface area contributed by atoms with Gasteiger partial charge in [-0.1, -0.05) is 140 Å². The fourth-order valence-electron chi connectivity index (χ4n) is 10.6. The molecule has 4 heterocycles. The van der Waals surface area contributed by atoms with Crippen molar-refractivity contribution in [3.63, 3.8) is 0 Å². The number of phenols is 2. The number of esters is 3. The van der Waals surface area contributed by atoms with Crippen LogP contribution in [0.2, 0.25) is 0 Å². The molecule has 5 N–H and O–H groups in total. The second-order valence-electron chi connectivity index (χ2n) is 19.8. The molecule has 7 atom stereocenters. The van der Waals surface area contributed by atoms with Crippen LogP contribution in [-0.4, -0.2) is 98.1 Å². The number of fused-ring (bicyclic) bond motifs is 3. The molecule has 19 heteroatoms. The molecule has 5 aliphatic rings. The fraction of sp³-hybridized carbons (Fsp3) is 0.226. The number of ether oxygens (including phenoxy) is 10. The van der Waals surface area contributed by atoms with Gasteiger partial charge in [-0.15, -0.1) is 0 Å². The maximum atomic E-state index is 15.2. The van der Waals surface area contributed by atoms with E-state index in [1.165, 1.54) is 12.1 Å². The predicted molar refractivity (Wildman–Crippen MR) is 280 cm³/mol. The second-order valence-corrected chi connectivity index (χ2v) is 19.8. The summed E-state index contributed by atoms with van der Waals surface area (Å²) in [6.07, 6.45) is -8.17. The van der Waals surface area contributed by atoms with Gasteiger partial charge in [0.05, 0.1) is 42.4 Å². The van der Waals surface area contributed by atoms with Gasteiger partial charge in [0, 0.05) is 5.56 Å². The molecule has 19 nitrogen and oxygen atoms in total. The number of aromatic hydroxyl groups is 2. The first-order valence-corrected chi connectivity index (χ1v) is 25.8. The lowest BCUT2D eigenvalue weighted by atomic mass is 9.74. The number of carbonyl (C=O) groups is 4. The van der Waals surface area contributed by atoms with Gasteiger partial charge in [0.1, 0.15) is 32.0 Å². The first kappa shape index (κ1) is 52.6. The van der Waals surface area contributed by atoms with Crippen molar-refractivity contribution >= 4 is 23.7 Å². The molecular weight excluding hydrogens is 1050 g/mol. The minimum absolute atomic E-state index is 0.0259. The summed E-state index contributed by atoms with van der Waals surface area (Å²) in [7, 11) is 0. The van der Waals surface area contributed by atoms with Crippen molar-refractivity contribution in [2.75, 3.05) is 6.61 Å². The third-order valence-electron chi connectivity index (χ3n) is 14.7. The molecule has 0 amide bonds. The molecule has 4 bridgehead atoms. The average molecular weight is 1100 g/mol. The first-order chi connectivity index (χ1) is 39.3.